The van der Waals surface area contributed by atoms with Gasteiger partial charge in [-0.1, -0.05) is 35.3 Å². The fourth-order valence-electron chi connectivity index (χ4n) is 1.80. The van der Waals surface area contributed by atoms with Crippen molar-refractivity contribution < 1.29 is 19.1 Å². The van der Waals surface area contributed by atoms with Gasteiger partial charge < -0.3 is 10.1 Å². The molecule has 2 aromatic rings. The van der Waals surface area contributed by atoms with E-state index in [0.29, 0.717) is 21.8 Å². The lowest BCUT2D eigenvalue weighted by Crippen LogP contribution is -2.32. The van der Waals surface area contributed by atoms with Gasteiger partial charge in [-0.05, 0) is 35.9 Å². The molecule has 2 N–H and O–H groups in total. The molecule has 2 rings (SSSR count). The summed E-state index contributed by atoms with van der Waals surface area (Å²) in [7, 11) is 1.29. The highest BCUT2D eigenvalue weighted by Gasteiger charge is 2.13. The summed E-state index contributed by atoms with van der Waals surface area (Å²) in [6.45, 7) is 0. The van der Waals surface area contributed by atoms with Crippen molar-refractivity contribution in [1.82, 2.24) is 5.43 Å². The lowest BCUT2D eigenvalue weighted by atomic mass is 10.1. The summed E-state index contributed by atoms with van der Waals surface area (Å²) < 4.78 is 4.59. The average molecular weight is 394 g/mol. The molecule has 0 unspecified atom stereocenters. The molecule has 0 saturated heterocycles. The molecule has 0 atom stereocenters. The number of esters is 1. The summed E-state index contributed by atoms with van der Waals surface area (Å²) in [4.78, 5) is 34.8. The van der Waals surface area contributed by atoms with E-state index in [1.54, 1.807) is 24.3 Å². The zero-order valence-electron chi connectivity index (χ0n) is 13.5. The molecule has 0 fully saturated rings. The van der Waals surface area contributed by atoms with Crippen LogP contribution in [0.2, 0.25) is 10.0 Å². The Kier molecular flexibility index (Phi) is 6.71. The highest BCUT2D eigenvalue weighted by Crippen LogP contribution is 2.24. The second kappa shape index (κ2) is 8.98. The minimum Gasteiger partial charge on any atom is -0.465 e. The van der Waals surface area contributed by atoms with Crippen LogP contribution < -0.4 is 10.7 Å². The smallest absolute Gasteiger partial charge is 0.337 e. The van der Waals surface area contributed by atoms with E-state index in [9.17, 15) is 14.4 Å². The number of anilines is 1. The molecule has 0 heterocycles. The minimum absolute atomic E-state index is 0.248. The molecule has 26 heavy (non-hydrogen) atoms. The van der Waals surface area contributed by atoms with Crippen molar-refractivity contribution in [2.45, 2.75) is 0 Å². The molecule has 134 valence electrons. The van der Waals surface area contributed by atoms with E-state index < -0.39 is 17.8 Å². The predicted molar refractivity (Wildman–Crippen MR) is 98.6 cm³/mol. The zero-order chi connectivity index (χ0) is 19.1. The van der Waals surface area contributed by atoms with Crippen LogP contribution in [0.3, 0.4) is 0 Å². The number of hydrogen-bond acceptors (Lipinski definition) is 5. The van der Waals surface area contributed by atoms with E-state index in [-0.39, 0.29) is 5.02 Å². The van der Waals surface area contributed by atoms with Gasteiger partial charge in [-0.3, -0.25) is 9.59 Å². The van der Waals surface area contributed by atoms with Crippen molar-refractivity contribution in [3.05, 3.63) is 63.6 Å². The van der Waals surface area contributed by atoms with Gasteiger partial charge in [0, 0.05) is 5.69 Å². The van der Waals surface area contributed by atoms with Crippen LogP contribution in [-0.4, -0.2) is 31.1 Å². The molecule has 0 aliphatic carbocycles. The molecule has 0 spiro atoms. The molecule has 9 heteroatoms. The van der Waals surface area contributed by atoms with E-state index in [2.05, 4.69) is 20.6 Å². The number of methoxy groups -OCH3 is 1. The highest BCUT2D eigenvalue weighted by atomic mass is 35.5. The Morgan fingerprint density at radius 2 is 1.69 bits per heavy atom. The zero-order valence-corrected chi connectivity index (χ0v) is 15.0. The largest absolute Gasteiger partial charge is 0.465 e. The third-order valence-electron chi connectivity index (χ3n) is 3.10. The summed E-state index contributed by atoms with van der Waals surface area (Å²) in [6.07, 6.45) is 1.32. The van der Waals surface area contributed by atoms with Gasteiger partial charge in [0.1, 0.15) is 0 Å². The van der Waals surface area contributed by atoms with Crippen LogP contribution in [0.1, 0.15) is 15.9 Å². The number of hydrogen-bond donors (Lipinski definition) is 2. The Morgan fingerprint density at radius 3 is 2.31 bits per heavy atom. The maximum absolute atomic E-state index is 11.8. The van der Waals surface area contributed by atoms with Crippen molar-refractivity contribution in [3.8, 4) is 0 Å². The number of ether oxygens (including phenoxy) is 1. The summed E-state index contributed by atoms with van der Waals surface area (Å²) in [5, 5.41) is 6.63. The second-order valence-corrected chi connectivity index (χ2v) is 5.71. The number of carbonyl (C=O) groups is 3. The first-order valence-electron chi connectivity index (χ1n) is 7.18. The SMILES string of the molecule is COC(=O)c1ccc(C=NNC(=O)C(=O)Nc2ccc(Cl)c(Cl)c2)cc1. The van der Waals surface area contributed by atoms with E-state index in [4.69, 9.17) is 23.2 Å². The normalized spacial score (nSPS) is 10.4. The highest BCUT2D eigenvalue weighted by molar-refractivity contribution is 6.42. The Labute approximate surface area is 158 Å². The van der Waals surface area contributed by atoms with Gasteiger partial charge in [-0.15, -0.1) is 0 Å². The van der Waals surface area contributed by atoms with Crippen LogP contribution in [0.4, 0.5) is 5.69 Å². The summed E-state index contributed by atoms with van der Waals surface area (Å²) in [5.74, 6) is -2.33. The quantitative estimate of drug-likeness (QED) is 0.361. The molecule has 0 aromatic heterocycles. The Morgan fingerprint density at radius 1 is 1.00 bits per heavy atom. The van der Waals surface area contributed by atoms with Crippen molar-refractivity contribution in [2.75, 3.05) is 12.4 Å². The van der Waals surface area contributed by atoms with Crippen molar-refractivity contribution in [3.63, 3.8) is 0 Å². The molecule has 0 aliphatic rings. The predicted octanol–water partition coefficient (Wildman–Crippen LogP) is 2.87. The van der Waals surface area contributed by atoms with Crippen LogP contribution in [0.25, 0.3) is 0 Å². The van der Waals surface area contributed by atoms with Gasteiger partial charge in [0.05, 0.1) is 28.9 Å². The molecular formula is C17H13Cl2N3O4. The number of amides is 2. The van der Waals surface area contributed by atoms with Crippen molar-refractivity contribution in [2.24, 2.45) is 5.10 Å². The fourth-order valence-corrected chi connectivity index (χ4v) is 2.10. The Balaban J connectivity index is 1.90. The third kappa shape index (κ3) is 5.30. The third-order valence-corrected chi connectivity index (χ3v) is 3.83. The monoisotopic (exact) mass is 393 g/mol. The van der Waals surface area contributed by atoms with Gasteiger partial charge in [0.2, 0.25) is 0 Å². The molecule has 0 saturated carbocycles. The van der Waals surface area contributed by atoms with E-state index in [0.717, 1.165) is 0 Å². The number of rotatable bonds is 4. The first kappa shape index (κ1) is 19.4. The number of benzene rings is 2. The Bertz CT molecular complexity index is 867. The van der Waals surface area contributed by atoms with Crippen molar-refractivity contribution >= 4 is 52.9 Å². The van der Waals surface area contributed by atoms with Gasteiger partial charge in [0.15, 0.2) is 0 Å². The summed E-state index contributed by atoms with van der Waals surface area (Å²) in [6, 6.07) is 10.7. The molecular weight excluding hydrogens is 381 g/mol. The first-order valence-corrected chi connectivity index (χ1v) is 7.94. The van der Waals surface area contributed by atoms with Crippen LogP contribution in [0.5, 0.6) is 0 Å². The topological polar surface area (TPSA) is 96.9 Å². The maximum Gasteiger partial charge on any atom is 0.337 e. The van der Waals surface area contributed by atoms with Gasteiger partial charge in [0.25, 0.3) is 0 Å². The number of carbonyl (C=O) groups excluding carboxylic acids is 3. The lowest BCUT2D eigenvalue weighted by molar-refractivity contribution is -0.136. The lowest BCUT2D eigenvalue weighted by Gasteiger charge is -2.05. The summed E-state index contributed by atoms with van der Waals surface area (Å²) in [5.41, 5.74) is 3.41. The van der Waals surface area contributed by atoms with E-state index in [1.165, 1.54) is 31.5 Å². The van der Waals surface area contributed by atoms with Gasteiger partial charge in [-0.2, -0.15) is 5.10 Å². The summed E-state index contributed by atoms with van der Waals surface area (Å²) >= 11 is 11.6. The first-order chi connectivity index (χ1) is 12.4. The van der Waals surface area contributed by atoms with Crippen LogP contribution >= 0.6 is 23.2 Å². The number of nitrogens with one attached hydrogen (secondary N) is 2. The molecule has 2 amide bonds. The Hall–Kier alpha value is -2.90. The molecule has 7 nitrogen and oxygen atoms in total. The molecule has 0 aliphatic heterocycles. The second-order valence-electron chi connectivity index (χ2n) is 4.90. The molecule has 2 aromatic carbocycles. The molecule has 0 radical (unpaired) electrons. The number of halogens is 2. The van der Waals surface area contributed by atoms with E-state index >= 15 is 0 Å². The van der Waals surface area contributed by atoms with Crippen LogP contribution in [0.15, 0.2) is 47.6 Å². The fraction of sp³-hybridized carbons (Fsp3) is 0.0588. The standard InChI is InChI=1S/C17H13Cl2N3O4/c1-26-17(25)11-4-2-10(3-5-11)9-20-22-16(24)15(23)21-12-6-7-13(18)14(19)8-12/h2-9H,1H3,(H,21,23)(H,22,24). The number of nitrogens with zero attached hydrogens (tertiary/aromatic N) is 1. The van der Waals surface area contributed by atoms with Crippen molar-refractivity contribution in [1.29, 1.82) is 0 Å². The van der Waals surface area contributed by atoms with E-state index in [1.807, 2.05) is 0 Å². The van der Waals surface area contributed by atoms with Crippen LogP contribution in [0, 0.1) is 0 Å². The average Bonchev–Trinajstić information content (AvgIpc) is 2.64. The maximum atomic E-state index is 11.8. The molecule has 0 bridgehead atoms. The number of hydrazone groups is 1. The van der Waals surface area contributed by atoms with Gasteiger partial charge in [-0.25, -0.2) is 10.2 Å². The van der Waals surface area contributed by atoms with Crippen LogP contribution in [-0.2, 0) is 14.3 Å². The van der Waals surface area contributed by atoms with Gasteiger partial charge >= 0.3 is 17.8 Å². The minimum atomic E-state index is -0.960.